The van der Waals surface area contributed by atoms with Gasteiger partial charge in [0, 0.05) is 11.1 Å². The first-order chi connectivity index (χ1) is 17.1. The molecule has 3 aromatic carbocycles. The van der Waals surface area contributed by atoms with Crippen molar-refractivity contribution < 1.29 is 13.5 Å². The van der Waals surface area contributed by atoms with E-state index in [9.17, 15) is 8.78 Å². The lowest BCUT2D eigenvalue weighted by atomic mass is 9.78. The molecule has 0 spiro atoms. The summed E-state index contributed by atoms with van der Waals surface area (Å²) in [6, 6.07) is 20.3. The zero-order valence-corrected chi connectivity index (χ0v) is 20.5. The standard InChI is InChI=1S/C32H34F2O/c1-2-22-7-13-25(14-8-22)26-15-9-23(10-16-26)5-3-4-6-24-11-17-27(18-12-24)28-19-20-29(30-21-35-30)32(34)31(28)33/h3,5,7-8,11-14,17-20,23,26,30H,2,4,6,9-10,15-16,21H2,1H3/b5-3+. The van der Waals surface area contributed by atoms with Gasteiger partial charge < -0.3 is 4.74 Å². The number of rotatable bonds is 8. The summed E-state index contributed by atoms with van der Waals surface area (Å²) in [5.41, 5.74) is 5.44. The fourth-order valence-electron chi connectivity index (χ4n) is 5.32. The molecule has 0 radical (unpaired) electrons. The topological polar surface area (TPSA) is 12.5 Å². The molecule has 1 unspecified atom stereocenters. The van der Waals surface area contributed by atoms with Crippen molar-refractivity contribution in [3.63, 3.8) is 0 Å². The highest BCUT2D eigenvalue weighted by Gasteiger charge is 2.30. The monoisotopic (exact) mass is 472 g/mol. The maximum atomic E-state index is 14.6. The van der Waals surface area contributed by atoms with Crippen LogP contribution in [0.1, 0.15) is 73.3 Å². The van der Waals surface area contributed by atoms with Crippen molar-refractivity contribution >= 4 is 0 Å². The van der Waals surface area contributed by atoms with Crippen LogP contribution < -0.4 is 0 Å². The van der Waals surface area contributed by atoms with Gasteiger partial charge in [0.25, 0.3) is 0 Å². The summed E-state index contributed by atoms with van der Waals surface area (Å²) in [6.07, 6.45) is 12.6. The van der Waals surface area contributed by atoms with Crippen molar-refractivity contribution in [2.24, 2.45) is 5.92 Å². The lowest BCUT2D eigenvalue weighted by molar-refractivity contribution is 0.375. The molecule has 182 valence electrons. The normalized spacial score (nSPS) is 22.0. The SMILES string of the molecule is CCc1ccc(C2CCC(/C=C/CCc3ccc(-c4ccc(C5CO5)c(F)c4F)cc3)CC2)cc1. The fourth-order valence-corrected chi connectivity index (χ4v) is 5.32. The maximum Gasteiger partial charge on any atom is 0.167 e. The molecule has 1 nitrogen and oxygen atoms in total. The molecule has 0 N–H and O–H groups in total. The summed E-state index contributed by atoms with van der Waals surface area (Å²) in [5, 5.41) is 0. The first-order valence-corrected chi connectivity index (χ1v) is 13.1. The van der Waals surface area contributed by atoms with E-state index in [2.05, 4.69) is 43.3 Å². The average Bonchev–Trinajstić information content (AvgIpc) is 3.75. The number of halogens is 2. The summed E-state index contributed by atoms with van der Waals surface area (Å²) in [6.45, 7) is 2.67. The zero-order valence-electron chi connectivity index (χ0n) is 20.5. The number of allylic oxidation sites excluding steroid dienone is 2. The van der Waals surface area contributed by atoms with Crippen LogP contribution in [0, 0.1) is 17.6 Å². The third-order valence-electron chi connectivity index (χ3n) is 7.70. The fraction of sp³-hybridized carbons (Fsp3) is 0.375. The number of hydrogen-bond acceptors (Lipinski definition) is 1. The zero-order chi connectivity index (χ0) is 24.2. The van der Waals surface area contributed by atoms with Gasteiger partial charge in [-0.05, 0) is 79.0 Å². The second-order valence-corrected chi connectivity index (χ2v) is 10.0. The van der Waals surface area contributed by atoms with E-state index in [4.69, 9.17) is 4.74 Å². The van der Waals surface area contributed by atoms with E-state index in [0.717, 1.165) is 19.3 Å². The highest BCUT2D eigenvalue weighted by Crippen LogP contribution is 2.37. The number of ether oxygens (including phenoxy) is 1. The van der Waals surface area contributed by atoms with Crippen molar-refractivity contribution in [3.8, 4) is 11.1 Å². The summed E-state index contributed by atoms with van der Waals surface area (Å²) in [5.74, 6) is -0.185. The summed E-state index contributed by atoms with van der Waals surface area (Å²) < 4.78 is 34.0. The third kappa shape index (κ3) is 5.73. The summed E-state index contributed by atoms with van der Waals surface area (Å²) >= 11 is 0. The number of aryl methyl sites for hydroxylation is 2. The predicted octanol–water partition coefficient (Wildman–Crippen LogP) is 8.73. The van der Waals surface area contributed by atoms with Crippen LogP contribution in [0.5, 0.6) is 0 Å². The molecule has 2 aliphatic rings. The molecule has 1 aliphatic heterocycles. The van der Waals surface area contributed by atoms with E-state index in [1.165, 1.54) is 42.4 Å². The third-order valence-corrected chi connectivity index (χ3v) is 7.70. The van der Waals surface area contributed by atoms with E-state index in [-0.39, 0.29) is 6.10 Å². The molecule has 1 heterocycles. The first kappa shape index (κ1) is 23.9. The smallest absolute Gasteiger partial charge is 0.167 e. The average molecular weight is 473 g/mol. The van der Waals surface area contributed by atoms with Crippen molar-refractivity contribution in [2.75, 3.05) is 6.61 Å². The molecule has 5 rings (SSSR count). The molecule has 1 saturated carbocycles. The molecule has 3 heteroatoms. The maximum absolute atomic E-state index is 14.6. The Balaban J connectivity index is 1.09. The molecule has 1 aliphatic carbocycles. The van der Waals surface area contributed by atoms with E-state index in [1.54, 1.807) is 12.1 Å². The van der Waals surface area contributed by atoms with Crippen molar-refractivity contribution in [1.29, 1.82) is 0 Å². The summed E-state index contributed by atoms with van der Waals surface area (Å²) in [7, 11) is 0. The Morgan fingerprint density at radius 2 is 1.51 bits per heavy atom. The van der Waals surface area contributed by atoms with E-state index in [1.807, 2.05) is 24.3 Å². The van der Waals surface area contributed by atoms with Gasteiger partial charge in [-0.25, -0.2) is 8.78 Å². The molecule has 0 bridgehead atoms. The number of epoxide rings is 1. The minimum atomic E-state index is -0.790. The molecule has 2 fully saturated rings. The summed E-state index contributed by atoms with van der Waals surface area (Å²) in [4.78, 5) is 0. The van der Waals surface area contributed by atoms with E-state index < -0.39 is 11.6 Å². The Morgan fingerprint density at radius 1 is 0.829 bits per heavy atom. The van der Waals surface area contributed by atoms with Crippen molar-refractivity contribution in [2.45, 2.75) is 63.9 Å². The number of benzene rings is 3. The van der Waals surface area contributed by atoms with Gasteiger partial charge in [-0.15, -0.1) is 0 Å². The Kier molecular flexibility index (Phi) is 7.43. The highest BCUT2D eigenvalue weighted by atomic mass is 19.2. The second kappa shape index (κ2) is 10.9. The van der Waals surface area contributed by atoms with Gasteiger partial charge in [0.05, 0.1) is 6.61 Å². The largest absolute Gasteiger partial charge is 0.368 e. The Hall–Kier alpha value is -2.78. The Morgan fingerprint density at radius 3 is 2.17 bits per heavy atom. The number of hydrogen-bond donors (Lipinski definition) is 0. The minimum absolute atomic E-state index is 0.290. The van der Waals surface area contributed by atoms with Gasteiger partial charge >= 0.3 is 0 Å². The van der Waals surface area contributed by atoms with Crippen LogP contribution >= 0.6 is 0 Å². The quantitative estimate of drug-likeness (QED) is 0.236. The first-order valence-electron chi connectivity index (χ1n) is 13.1. The van der Waals surface area contributed by atoms with Gasteiger partial charge in [-0.3, -0.25) is 0 Å². The predicted molar refractivity (Wildman–Crippen MR) is 138 cm³/mol. The van der Waals surface area contributed by atoms with Crippen LogP contribution in [0.15, 0.2) is 72.8 Å². The molecule has 3 aromatic rings. The molecular formula is C32H34F2O. The van der Waals surface area contributed by atoms with Crippen LogP contribution in [-0.2, 0) is 17.6 Å². The van der Waals surface area contributed by atoms with Crippen molar-refractivity contribution in [1.82, 2.24) is 0 Å². The molecular weight excluding hydrogens is 438 g/mol. The Bertz CT molecular complexity index is 1150. The van der Waals surface area contributed by atoms with E-state index >= 15 is 0 Å². The van der Waals surface area contributed by atoms with Gasteiger partial charge in [0.15, 0.2) is 11.6 Å². The molecule has 1 atom stereocenters. The molecule has 1 saturated heterocycles. The van der Waals surface area contributed by atoms with Crippen LogP contribution in [0.25, 0.3) is 11.1 Å². The lowest BCUT2D eigenvalue weighted by Gasteiger charge is -2.27. The Labute approximate surface area is 207 Å². The van der Waals surface area contributed by atoms with Crippen LogP contribution in [-0.4, -0.2) is 6.61 Å². The van der Waals surface area contributed by atoms with Gasteiger partial charge in [0.2, 0.25) is 0 Å². The molecule has 0 aromatic heterocycles. The minimum Gasteiger partial charge on any atom is -0.368 e. The molecule has 0 amide bonds. The van der Waals surface area contributed by atoms with Gasteiger partial charge in [-0.1, -0.05) is 79.7 Å². The van der Waals surface area contributed by atoms with Crippen LogP contribution in [0.4, 0.5) is 8.78 Å². The van der Waals surface area contributed by atoms with Gasteiger partial charge in [-0.2, -0.15) is 0 Å². The van der Waals surface area contributed by atoms with Gasteiger partial charge in [0.1, 0.15) is 6.10 Å². The highest BCUT2D eigenvalue weighted by molar-refractivity contribution is 5.65. The second-order valence-electron chi connectivity index (χ2n) is 10.0. The van der Waals surface area contributed by atoms with Crippen molar-refractivity contribution in [3.05, 3.63) is 107 Å². The van der Waals surface area contributed by atoms with E-state index in [0.29, 0.717) is 35.1 Å². The van der Waals surface area contributed by atoms with Crippen LogP contribution in [0.2, 0.25) is 0 Å². The lowest BCUT2D eigenvalue weighted by Crippen LogP contribution is -2.11. The van der Waals surface area contributed by atoms with Crippen LogP contribution in [0.3, 0.4) is 0 Å². The molecule has 35 heavy (non-hydrogen) atoms.